The Labute approximate surface area is 119 Å². The summed E-state index contributed by atoms with van der Waals surface area (Å²) in [5.41, 5.74) is 1.07. The number of nitrogens with one attached hydrogen (secondary N) is 1. The summed E-state index contributed by atoms with van der Waals surface area (Å²) in [5, 5.41) is 2.90. The molecular formula is C16H20N2O2. The molecule has 0 spiro atoms. The molecule has 0 saturated heterocycles. The predicted octanol–water partition coefficient (Wildman–Crippen LogP) is 2.72. The standard InChI is InChI=1S/C16H20N2O2/c1-10-5-6-17-14(7-10)18-16(20)13-8-11-3-2-4-12(9-13)15(11)19/h5-7,11-13H,2-4,8-9H2,1H3,(H,17,18,20). The van der Waals surface area contributed by atoms with Crippen molar-refractivity contribution in [2.24, 2.45) is 17.8 Å². The van der Waals surface area contributed by atoms with E-state index in [2.05, 4.69) is 10.3 Å². The van der Waals surface area contributed by atoms with Crippen LogP contribution in [0.25, 0.3) is 0 Å². The first kappa shape index (κ1) is 13.3. The number of nitrogens with zero attached hydrogens (tertiary/aromatic N) is 1. The third-order valence-corrected chi connectivity index (χ3v) is 4.59. The quantitative estimate of drug-likeness (QED) is 0.900. The van der Waals surface area contributed by atoms with E-state index in [1.807, 2.05) is 19.1 Å². The second kappa shape index (κ2) is 5.35. The molecular weight excluding hydrogens is 252 g/mol. The molecule has 2 saturated carbocycles. The SMILES string of the molecule is Cc1ccnc(NC(=O)C2CC3CCCC(C2)C3=O)c1. The summed E-state index contributed by atoms with van der Waals surface area (Å²) in [6, 6.07) is 3.77. The molecule has 2 bridgehead atoms. The van der Waals surface area contributed by atoms with Crippen LogP contribution in [-0.2, 0) is 9.59 Å². The zero-order chi connectivity index (χ0) is 14.1. The topological polar surface area (TPSA) is 59.1 Å². The Morgan fingerprint density at radius 2 is 2.00 bits per heavy atom. The summed E-state index contributed by atoms with van der Waals surface area (Å²) in [5.74, 6) is 1.22. The van der Waals surface area contributed by atoms with Crippen molar-refractivity contribution in [3.8, 4) is 0 Å². The van der Waals surface area contributed by atoms with Crippen molar-refractivity contribution in [2.45, 2.75) is 39.0 Å². The fourth-order valence-electron chi connectivity index (χ4n) is 3.53. The van der Waals surface area contributed by atoms with Gasteiger partial charge in [0.25, 0.3) is 0 Å². The normalized spacial score (nSPS) is 29.1. The van der Waals surface area contributed by atoms with Crippen LogP contribution in [0.4, 0.5) is 5.82 Å². The first-order valence-electron chi connectivity index (χ1n) is 7.40. The first-order valence-corrected chi connectivity index (χ1v) is 7.40. The number of aromatic nitrogens is 1. The molecule has 4 nitrogen and oxygen atoms in total. The molecule has 3 rings (SSSR count). The van der Waals surface area contributed by atoms with Gasteiger partial charge in [0.15, 0.2) is 0 Å². The Balaban J connectivity index is 1.67. The van der Waals surface area contributed by atoms with E-state index in [4.69, 9.17) is 0 Å². The molecule has 1 amide bonds. The number of pyridine rings is 1. The number of Topliss-reactive ketones (excluding diaryl/α,β-unsaturated/α-hetero) is 1. The van der Waals surface area contributed by atoms with E-state index in [9.17, 15) is 9.59 Å². The van der Waals surface area contributed by atoms with Gasteiger partial charge in [0, 0.05) is 24.0 Å². The molecule has 2 fully saturated rings. The number of ketones is 1. The van der Waals surface area contributed by atoms with E-state index in [0.717, 1.165) is 24.8 Å². The highest BCUT2D eigenvalue weighted by molar-refractivity contribution is 5.94. The van der Waals surface area contributed by atoms with E-state index in [-0.39, 0.29) is 23.7 Å². The van der Waals surface area contributed by atoms with E-state index in [0.29, 0.717) is 24.4 Å². The van der Waals surface area contributed by atoms with Crippen molar-refractivity contribution < 1.29 is 9.59 Å². The molecule has 4 heteroatoms. The maximum Gasteiger partial charge on any atom is 0.228 e. The van der Waals surface area contributed by atoms with E-state index < -0.39 is 0 Å². The second-order valence-corrected chi connectivity index (χ2v) is 6.10. The fourth-order valence-corrected chi connectivity index (χ4v) is 3.53. The lowest BCUT2D eigenvalue weighted by molar-refractivity contribution is -0.136. The Morgan fingerprint density at radius 3 is 2.65 bits per heavy atom. The van der Waals surface area contributed by atoms with Gasteiger partial charge in [-0.05, 0) is 50.3 Å². The van der Waals surface area contributed by atoms with Crippen molar-refractivity contribution >= 4 is 17.5 Å². The smallest absolute Gasteiger partial charge is 0.228 e. The van der Waals surface area contributed by atoms with Crippen LogP contribution < -0.4 is 5.32 Å². The van der Waals surface area contributed by atoms with Crippen molar-refractivity contribution in [1.82, 2.24) is 4.98 Å². The van der Waals surface area contributed by atoms with Gasteiger partial charge in [-0.2, -0.15) is 0 Å². The number of fused-ring (bicyclic) bond motifs is 2. The minimum Gasteiger partial charge on any atom is -0.310 e. The van der Waals surface area contributed by atoms with Gasteiger partial charge in [-0.25, -0.2) is 4.98 Å². The lowest BCUT2D eigenvalue weighted by Gasteiger charge is -2.36. The Morgan fingerprint density at radius 1 is 1.30 bits per heavy atom. The van der Waals surface area contributed by atoms with E-state index in [1.165, 1.54) is 0 Å². The fraction of sp³-hybridized carbons (Fsp3) is 0.562. The zero-order valence-corrected chi connectivity index (χ0v) is 11.8. The maximum absolute atomic E-state index is 12.4. The van der Waals surface area contributed by atoms with Gasteiger partial charge in [0.1, 0.15) is 11.6 Å². The molecule has 2 aliphatic rings. The number of carbonyl (C=O) groups is 2. The number of carbonyl (C=O) groups excluding carboxylic acids is 2. The Kier molecular flexibility index (Phi) is 3.55. The van der Waals surface area contributed by atoms with Crippen molar-refractivity contribution in [2.75, 3.05) is 5.32 Å². The van der Waals surface area contributed by atoms with Gasteiger partial charge in [0.2, 0.25) is 5.91 Å². The predicted molar refractivity (Wildman–Crippen MR) is 76.2 cm³/mol. The molecule has 106 valence electrons. The summed E-state index contributed by atoms with van der Waals surface area (Å²) in [6.45, 7) is 1.97. The largest absolute Gasteiger partial charge is 0.310 e. The van der Waals surface area contributed by atoms with Crippen LogP contribution in [0.1, 0.15) is 37.7 Å². The number of rotatable bonds is 2. The summed E-state index contributed by atoms with van der Waals surface area (Å²) < 4.78 is 0. The molecule has 1 aromatic heterocycles. The first-order chi connectivity index (χ1) is 9.63. The van der Waals surface area contributed by atoms with Gasteiger partial charge < -0.3 is 5.32 Å². The average molecular weight is 272 g/mol. The maximum atomic E-state index is 12.4. The molecule has 1 N–H and O–H groups in total. The summed E-state index contributed by atoms with van der Waals surface area (Å²) in [4.78, 5) is 28.6. The van der Waals surface area contributed by atoms with Crippen LogP contribution in [0.5, 0.6) is 0 Å². The van der Waals surface area contributed by atoms with Crippen molar-refractivity contribution in [3.63, 3.8) is 0 Å². The Bertz CT molecular complexity index is 525. The number of amides is 1. The van der Waals surface area contributed by atoms with Gasteiger partial charge >= 0.3 is 0 Å². The third-order valence-electron chi connectivity index (χ3n) is 4.59. The molecule has 1 aromatic rings. The summed E-state index contributed by atoms with van der Waals surface area (Å²) in [6.07, 6.45) is 6.18. The van der Waals surface area contributed by atoms with Crippen molar-refractivity contribution in [1.29, 1.82) is 0 Å². The summed E-state index contributed by atoms with van der Waals surface area (Å²) in [7, 11) is 0. The molecule has 1 heterocycles. The van der Waals surface area contributed by atoms with Crippen LogP contribution in [0, 0.1) is 24.7 Å². The minimum absolute atomic E-state index is 0.0208. The second-order valence-electron chi connectivity index (χ2n) is 6.10. The molecule has 0 radical (unpaired) electrons. The molecule has 20 heavy (non-hydrogen) atoms. The lowest BCUT2D eigenvalue weighted by Crippen LogP contribution is -2.40. The van der Waals surface area contributed by atoms with Gasteiger partial charge in [-0.3, -0.25) is 9.59 Å². The van der Waals surface area contributed by atoms with Gasteiger partial charge in [0.05, 0.1) is 0 Å². The Hall–Kier alpha value is -1.71. The van der Waals surface area contributed by atoms with Gasteiger partial charge in [-0.1, -0.05) is 6.42 Å². The number of anilines is 1. The van der Waals surface area contributed by atoms with E-state index in [1.54, 1.807) is 6.20 Å². The van der Waals surface area contributed by atoms with E-state index >= 15 is 0 Å². The molecule has 2 aliphatic carbocycles. The number of hydrogen-bond acceptors (Lipinski definition) is 3. The van der Waals surface area contributed by atoms with Crippen LogP contribution in [0.3, 0.4) is 0 Å². The molecule has 2 atom stereocenters. The third kappa shape index (κ3) is 2.60. The minimum atomic E-state index is -0.0367. The number of aryl methyl sites for hydroxylation is 1. The van der Waals surface area contributed by atoms with Crippen LogP contribution in [0.2, 0.25) is 0 Å². The average Bonchev–Trinajstić information content (AvgIpc) is 2.38. The highest BCUT2D eigenvalue weighted by Crippen LogP contribution is 2.40. The number of hydrogen-bond donors (Lipinski definition) is 1. The highest BCUT2D eigenvalue weighted by Gasteiger charge is 2.41. The molecule has 2 unspecified atom stereocenters. The molecule has 0 aliphatic heterocycles. The highest BCUT2D eigenvalue weighted by atomic mass is 16.2. The van der Waals surface area contributed by atoms with Crippen LogP contribution in [-0.4, -0.2) is 16.7 Å². The lowest BCUT2D eigenvalue weighted by atomic mass is 9.67. The van der Waals surface area contributed by atoms with Gasteiger partial charge in [-0.15, -0.1) is 0 Å². The van der Waals surface area contributed by atoms with Crippen molar-refractivity contribution in [3.05, 3.63) is 23.9 Å². The molecule has 0 aromatic carbocycles. The zero-order valence-electron chi connectivity index (χ0n) is 11.8. The van der Waals surface area contributed by atoms with Crippen LogP contribution >= 0.6 is 0 Å². The van der Waals surface area contributed by atoms with Crippen LogP contribution in [0.15, 0.2) is 18.3 Å². The summed E-state index contributed by atoms with van der Waals surface area (Å²) >= 11 is 0. The monoisotopic (exact) mass is 272 g/mol.